The number of halogens is 1. The number of carbonyl (C=O) groups excluding carboxylic acids is 1. The Kier molecular flexibility index (Phi) is 5.48. The van der Waals surface area contributed by atoms with Crippen molar-refractivity contribution < 1.29 is 14.3 Å². The third-order valence-electron chi connectivity index (χ3n) is 2.99. The van der Waals surface area contributed by atoms with E-state index in [9.17, 15) is 4.79 Å². The predicted molar refractivity (Wildman–Crippen MR) is 61.9 cm³/mol. The second-order valence-corrected chi connectivity index (χ2v) is 3.99. The molecule has 0 bridgehead atoms. The number of morpholine rings is 1. The van der Waals surface area contributed by atoms with Gasteiger partial charge in [0.25, 0.3) is 5.91 Å². The van der Waals surface area contributed by atoms with Gasteiger partial charge in [-0.1, -0.05) is 0 Å². The fraction of sp³-hybridized carbons (Fsp3) is 0.900. The van der Waals surface area contributed by atoms with Gasteiger partial charge in [0.05, 0.1) is 12.7 Å². The minimum absolute atomic E-state index is 0. The summed E-state index contributed by atoms with van der Waals surface area (Å²) in [7, 11) is 1.69. The summed E-state index contributed by atoms with van der Waals surface area (Å²) in [6.45, 7) is 3.59. The van der Waals surface area contributed by atoms with Gasteiger partial charge < -0.3 is 19.7 Å². The van der Waals surface area contributed by atoms with Crippen molar-refractivity contribution in [3.8, 4) is 0 Å². The molecule has 0 aromatic heterocycles. The Morgan fingerprint density at radius 1 is 1.56 bits per heavy atom. The van der Waals surface area contributed by atoms with E-state index in [0.717, 1.165) is 19.5 Å². The zero-order valence-corrected chi connectivity index (χ0v) is 10.3. The summed E-state index contributed by atoms with van der Waals surface area (Å²) in [5.74, 6) is 0.0988. The minimum atomic E-state index is -0.297. The van der Waals surface area contributed by atoms with Crippen LogP contribution in [-0.2, 0) is 14.3 Å². The number of carbonyl (C=O) groups is 1. The quantitative estimate of drug-likeness (QED) is 0.728. The maximum atomic E-state index is 12.0. The van der Waals surface area contributed by atoms with Crippen LogP contribution in [0.4, 0.5) is 0 Å². The first kappa shape index (κ1) is 13.7. The number of nitrogens with zero attached hydrogens (tertiary/aromatic N) is 1. The molecule has 5 nitrogen and oxygen atoms in total. The van der Waals surface area contributed by atoms with Crippen LogP contribution in [0, 0.1) is 0 Å². The average Bonchev–Trinajstić information content (AvgIpc) is 2.78. The number of likely N-dealkylation sites (tertiary alicyclic amines) is 1. The molecule has 1 amide bonds. The Labute approximate surface area is 102 Å². The van der Waals surface area contributed by atoms with Gasteiger partial charge in [0.15, 0.2) is 0 Å². The first-order valence-corrected chi connectivity index (χ1v) is 5.45. The zero-order valence-electron chi connectivity index (χ0n) is 9.48. The smallest absolute Gasteiger partial charge is 0.253 e. The van der Waals surface area contributed by atoms with Gasteiger partial charge in [-0.25, -0.2) is 0 Å². The normalized spacial score (nSPS) is 29.9. The topological polar surface area (TPSA) is 50.8 Å². The highest BCUT2D eigenvalue weighted by atomic mass is 35.5. The Hall–Kier alpha value is -0.360. The fourth-order valence-corrected chi connectivity index (χ4v) is 2.05. The number of methoxy groups -OCH3 is 1. The second kappa shape index (κ2) is 6.39. The lowest BCUT2D eigenvalue weighted by molar-refractivity contribution is -0.144. The fourth-order valence-electron chi connectivity index (χ4n) is 2.05. The molecule has 2 fully saturated rings. The number of hydrogen-bond acceptors (Lipinski definition) is 4. The van der Waals surface area contributed by atoms with Gasteiger partial charge in [0.1, 0.15) is 6.10 Å². The van der Waals surface area contributed by atoms with Crippen molar-refractivity contribution in [2.24, 2.45) is 0 Å². The van der Waals surface area contributed by atoms with Crippen LogP contribution in [0.5, 0.6) is 0 Å². The Bertz CT molecular complexity index is 234. The molecule has 94 valence electrons. The molecular weight excluding hydrogens is 232 g/mol. The van der Waals surface area contributed by atoms with Crippen molar-refractivity contribution in [1.82, 2.24) is 10.2 Å². The number of ether oxygens (including phenoxy) is 2. The summed E-state index contributed by atoms with van der Waals surface area (Å²) < 4.78 is 10.7. The Morgan fingerprint density at radius 3 is 2.94 bits per heavy atom. The molecule has 2 heterocycles. The summed E-state index contributed by atoms with van der Waals surface area (Å²) in [6, 6.07) is 0. The summed E-state index contributed by atoms with van der Waals surface area (Å²) >= 11 is 0. The summed E-state index contributed by atoms with van der Waals surface area (Å²) in [6.07, 6.45) is 0.836. The van der Waals surface area contributed by atoms with Crippen LogP contribution < -0.4 is 5.32 Å². The molecule has 2 aliphatic rings. The van der Waals surface area contributed by atoms with Crippen LogP contribution in [0.15, 0.2) is 0 Å². The molecule has 0 spiro atoms. The number of nitrogens with one attached hydrogen (secondary N) is 1. The highest BCUT2D eigenvalue weighted by Crippen LogP contribution is 2.14. The van der Waals surface area contributed by atoms with Crippen LogP contribution in [0.1, 0.15) is 6.42 Å². The van der Waals surface area contributed by atoms with Crippen molar-refractivity contribution in [3.05, 3.63) is 0 Å². The van der Waals surface area contributed by atoms with E-state index in [1.807, 2.05) is 4.90 Å². The molecule has 6 heteroatoms. The summed E-state index contributed by atoms with van der Waals surface area (Å²) in [5.41, 5.74) is 0. The van der Waals surface area contributed by atoms with Crippen molar-refractivity contribution in [2.45, 2.75) is 18.6 Å². The third-order valence-corrected chi connectivity index (χ3v) is 2.99. The van der Waals surface area contributed by atoms with E-state index < -0.39 is 0 Å². The Morgan fingerprint density at radius 2 is 2.38 bits per heavy atom. The highest BCUT2D eigenvalue weighted by molar-refractivity contribution is 5.85. The lowest BCUT2D eigenvalue weighted by atomic mass is 10.2. The van der Waals surface area contributed by atoms with Crippen LogP contribution >= 0.6 is 12.4 Å². The maximum Gasteiger partial charge on any atom is 0.253 e. The molecular formula is C10H19ClN2O3. The van der Waals surface area contributed by atoms with Crippen LogP contribution in [0.3, 0.4) is 0 Å². The van der Waals surface area contributed by atoms with Crippen molar-refractivity contribution >= 4 is 18.3 Å². The number of rotatable bonds is 2. The van der Waals surface area contributed by atoms with Gasteiger partial charge in [0, 0.05) is 33.3 Å². The first-order chi connectivity index (χ1) is 7.31. The van der Waals surface area contributed by atoms with E-state index in [4.69, 9.17) is 9.47 Å². The van der Waals surface area contributed by atoms with Gasteiger partial charge in [-0.3, -0.25) is 4.79 Å². The molecule has 0 saturated carbocycles. The molecule has 2 rings (SSSR count). The average molecular weight is 251 g/mol. The van der Waals surface area contributed by atoms with E-state index in [-0.39, 0.29) is 30.5 Å². The monoisotopic (exact) mass is 250 g/mol. The Balaban J connectivity index is 0.00000128. The third kappa shape index (κ3) is 3.07. The highest BCUT2D eigenvalue weighted by Gasteiger charge is 2.32. The molecule has 0 aromatic carbocycles. The summed E-state index contributed by atoms with van der Waals surface area (Å²) in [5, 5.41) is 3.16. The molecule has 0 radical (unpaired) electrons. The van der Waals surface area contributed by atoms with Crippen molar-refractivity contribution in [3.63, 3.8) is 0 Å². The molecule has 0 aromatic rings. The molecule has 16 heavy (non-hydrogen) atoms. The van der Waals surface area contributed by atoms with Crippen molar-refractivity contribution in [2.75, 3.05) is 39.9 Å². The molecule has 2 saturated heterocycles. The standard InChI is InChI=1S/C10H18N2O3.ClH/c1-14-8-2-4-12(7-8)10(13)9-6-11-3-5-15-9;/h8-9,11H,2-7H2,1H3;1H/t8-,9+;/m1./s1. The van der Waals surface area contributed by atoms with E-state index >= 15 is 0 Å². The molecule has 2 aliphatic heterocycles. The molecule has 0 unspecified atom stereocenters. The van der Waals surface area contributed by atoms with Gasteiger partial charge in [-0.05, 0) is 6.42 Å². The number of amides is 1. The summed E-state index contributed by atoms with van der Waals surface area (Å²) in [4.78, 5) is 13.8. The van der Waals surface area contributed by atoms with Gasteiger partial charge in [0.2, 0.25) is 0 Å². The largest absolute Gasteiger partial charge is 0.380 e. The van der Waals surface area contributed by atoms with Crippen LogP contribution in [0.2, 0.25) is 0 Å². The van der Waals surface area contributed by atoms with Gasteiger partial charge >= 0.3 is 0 Å². The second-order valence-electron chi connectivity index (χ2n) is 3.99. The SMILES string of the molecule is CO[C@@H]1CCN(C(=O)[C@@H]2CNCCO2)C1.Cl. The van der Waals surface area contributed by atoms with E-state index in [1.54, 1.807) is 7.11 Å². The van der Waals surface area contributed by atoms with E-state index in [2.05, 4.69) is 5.32 Å². The number of hydrogen-bond donors (Lipinski definition) is 1. The molecule has 0 aliphatic carbocycles. The van der Waals surface area contributed by atoms with Crippen LogP contribution in [0.25, 0.3) is 0 Å². The van der Waals surface area contributed by atoms with Crippen molar-refractivity contribution in [1.29, 1.82) is 0 Å². The van der Waals surface area contributed by atoms with Crippen LogP contribution in [-0.4, -0.2) is 62.9 Å². The van der Waals surface area contributed by atoms with Gasteiger partial charge in [-0.15, -0.1) is 12.4 Å². The predicted octanol–water partition coefficient (Wildman–Crippen LogP) is -0.356. The van der Waals surface area contributed by atoms with E-state index in [1.165, 1.54) is 0 Å². The zero-order chi connectivity index (χ0) is 10.7. The molecule has 2 atom stereocenters. The lowest BCUT2D eigenvalue weighted by Gasteiger charge is -2.27. The van der Waals surface area contributed by atoms with Gasteiger partial charge in [-0.2, -0.15) is 0 Å². The van der Waals surface area contributed by atoms with E-state index in [0.29, 0.717) is 19.7 Å². The lowest BCUT2D eigenvalue weighted by Crippen LogP contribution is -2.49. The minimum Gasteiger partial charge on any atom is -0.380 e. The first-order valence-electron chi connectivity index (χ1n) is 5.45. The molecule has 1 N–H and O–H groups in total. The maximum absolute atomic E-state index is 12.0.